The molecule has 0 amide bonds. The van der Waals surface area contributed by atoms with Crippen LogP contribution in [0.5, 0.6) is 5.75 Å². The first-order valence-electron chi connectivity index (χ1n) is 7.39. The molecule has 2 aromatic carbocycles. The molecule has 3 rings (SSSR count). The van der Waals surface area contributed by atoms with Gasteiger partial charge in [0.05, 0.1) is 7.11 Å². The Hall–Kier alpha value is -1.51. The first-order valence-corrected chi connectivity index (χ1v) is 7.76. The van der Waals surface area contributed by atoms with E-state index in [1.165, 1.54) is 24.0 Å². The van der Waals surface area contributed by atoms with Crippen LogP contribution in [0.4, 0.5) is 0 Å². The Morgan fingerprint density at radius 2 is 1.81 bits per heavy atom. The Morgan fingerprint density at radius 3 is 2.48 bits per heavy atom. The number of methoxy groups -OCH3 is 1. The molecule has 110 valence electrons. The molecule has 1 saturated heterocycles. The summed E-state index contributed by atoms with van der Waals surface area (Å²) in [6, 6.07) is 17.1. The molecule has 1 aliphatic heterocycles. The summed E-state index contributed by atoms with van der Waals surface area (Å²) in [4.78, 5) is 2.55. The molecule has 0 aromatic heterocycles. The Labute approximate surface area is 131 Å². The van der Waals surface area contributed by atoms with Gasteiger partial charge < -0.3 is 4.74 Å². The van der Waals surface area contributed by atoms with Crippen molar-refractivity contribution in [1.29, 1.82) is 0 Å². The first kappa shape index (κ1) is 14.4. The van der Waals surface area contributed by atoms with Gasteiger partial charge in [-0.25, -0.2) is 0 Å². The van der Waals surface area contributed by atoms with E-state index in [1.807, 2.05) is 24.3 Å². The first-order chi connectivity index (χ1) is 10.3. The number of hydrogen-bond donors (Lipinski definition) is 0. The Kier molecular flexibility index (Phi) is 4.47. The SMILES string of the molecule is COc1ccc([C@@H]2CCCN2Cc2ccc(Cl)cc2)cc1. The zero-order chi connectivity index (χ0) is 14.7. The van der Waals surface area contributed by atoms with Gasteiger partial charge in [0, 0.05) is 17.6 Å². The third-order valence-corrected chi connectivity index (χ3v) is 4.42. The molecular formula is C18H20ClNO. The van der Waals surface area contributed by atoms with Crippen molar-refractivity contribution in [3.8, 4) is 5.75 Å². The molecule has 1 heterocycles. The Balaban J connectivity index is 1.73. The molecule has 3 heteroatoms. The van der Waals surface area contributed by atoms with E-state index in [4.69, 9.17) is 16.3 Å². The predicted octanol–water partition coefficient (Wildman–Crippen LogP) is 4.69. The minimum Gasteiger partial charge on any atom is -0.497 e. The molecule has 0 aliphatic carbocycles. The maximum atomic E-state index is 5.96. The summed E-state index contributed by atoms with van der Waals surface area (Å²) in [5.41, 5.74) is 2.70. The van der Waals surface area contributed by atoms with Crippen LogP contribution in [0.2, 0.25) is 5.02 Å². The van der Waals surface area contributed by atoms with Crippen LogP contribution in [0.3, 0.4) is 0 Å². The van der Waals surface area contributed by atoms with Crippen molar-refractivity contribution in [2.45, 2.75) is 25.4 Å². The van der Waals surface area contributed by atoms with Gasteiger partial charge in [-0.3, -0.25) is 4.90 Å². The molecule has 1 fully saturated rings. The summed E-state index contributed by atoms with van der Waals surface area (Å²) in [7, 11) is 1.71. The van der Waals surface area contributed by atoms with Gasteiger partial charge in [0.25, 0.3) is 0 Å². The van der Waals surface area contributed by atoms with Crippen LogP contribution in [0, 0.1) is 0 Å². The zero-order valence-electron chi connectivity index (χ0n) is 12.3. The molecule has 0 bridgehead atoms. The molecule has 0 radical (unpaired) electrons. The Morgan fingerprint density at radius 1 is 1.10 bits per heavy atom. The minimum absolute atomic E-state index is 0.506. The van der Waals surface area contributed by atoms with Crippen LogP contribution in [-0.2, 0) is 6.54 Å². The van der Waals surface area contributed by atoms with Crippen LogP contribution in [0.25, 0.3) is 0 Å². The van der Waals surface area contributed by atoms with E-state index in [9.17, 15) is 0 Å². The van der Waals surface area contributed by atoms with Gasteiger partial charge in [0.2, 0.25) is 0 Å². The monoisotopic (exact) mass is 301 g/mol. The number of halogens is 1. The molecule has 2 nitrogen and oxygen atoms in total. The second-order valence-electron chi connectivity index (χ2n) is 5.53. The fraction of sp³-hybridized carbons (Fsp3) is 0.333. The lowest BCUT2D eigenvalue weighted by Gasteiger charge is -2.25. The van der Waals surface area contributed by atoms with Gasteiger partial charge in [-0.1, -0.05) is 35.9 Å². The molecule has 1 aliphatic rings. The summed E-state index contributed by atoms with van der Waals surface area (Å²) < 4.78 is 5.24. The number of nitrogens with zero attached hydrogens (tertiary/aromatic N) is 1. The number of likely N-dealkylation sites (tertiary alicyclic amines) is 1. The highest BCUT2D eigenvalue weighted by atomic mass is 35.5. The predicted molar refractivity (Wildman–Crippen MR) is 86.8 cm³/mol. The van der Waals surface area contributed by atoms with Crippen LogP contribution >= 0.6 is 11.6 Å². The highest BCUT2D eigenvalue weighted by molar-refractivity contribution is 6.30. The standard InChI is InChI=1S/C18H20ClNO/c1-21-17-10-6-15(7-11-17)18-3-2-12-20(18)13-14-4-8-16(19)9-5-14/h4-11,18H,2-3,12-13H2,1H3/t18-/m0/s1. The average molecular weight is 302 g/mol. The minimum atomic E-state index is 0.506. The van der Waals surface area contributed by atoms with E-state index in [2.05, 4.69) is 29.2 Å². The van der Waals surface area contributed by atoms with E-state index in [1.54, 1.807) is 7.11 Å². The summed E-state index contributed by atoms with van der Waals surface area (Å²) >= 11 is 5.96. The number of hydrogen-bond acceptors (Lipinski definition) is 2. The van der Waals surface area contributed by atoms with E-state index >= 15 is 0 Å². The van der Waals surface area contributed by atoms with Crippen molar-refractivity contribution >= 4 is 11.6 Å². The highest BCUT2D eigenvalue weighted by Gasteiger charge is 2.25. The third-order valence-electron chi connectivity index (χ3n) is 4.16. The third kappa shape index (κ3) is 3.39. The Bertz CT molecular complexity index is 579. The van der Waals surface area contributed by atoms with E-state index in [0.717, 1.165) is 23.9 Å². The van der Waals surface area contributed by atoms with Crippen LogP contribution in [0.1, 0.15) is 30.0 Å². The van der Waals surface area contributed by atoms with Gasteiger partial charge in [0.1, 0.15) is 5.75 Å². The van der Waals surface area contributed by atoms with Crippen molar-refractivity contribution in [2.75, 3.05) is 13.7 Å². The molecule has 2 aromatic rings. The number of benzene rings is 2. The van der Waals surface area contributed by atoms with E-state index in [0.29, 0.717) is 6.04 Å². The molecular weight excluding hydrogens is 282 g/mol. The zero-order valence-corrected chi connectivity index (χ0v) is 13.0. The fourth-order valence-corrected chi connectivity index (χ4v) is 3.17. The van der Waals surface area contributed by atoms with Gasteiger partial charge in [-0.2, -0.15) is 0 Å². The lowest BCUT2D eigenvalue weighted by Crippen LogP contribution is -2.22. The van der Waals surface area contributed by atoms with Gasteiger partial charge in [-0.15, -0.1) is 0 Å². The molecule has 21 heavy (non-hydrogen) atoms. The molecule has 0 N–H and O–H groups in total. The summed E-state index contributed by atoms with van der Waals surface area (Å²) in [6.07, 6.45) is 2.48. The summed E-state index contributed by atoms with van der Waals surface area (Å²) in [5.74, 6) is 0.918. The van der Waals surface area contributed by atoms with Crippen molar-refractivity contribution in [1.82, 2.24) is 4.90 Å². The van der Waals surface area contributed by atoms with Gasteiger partial charge >= 0.3 is 0 Å². The summed E-state index contributed by atoms with van der Waals surface area (Å²) in [5, 5.41) is 0.798. The largest absolute Gasteiger partial charge is 0.497 e. The average Bonchev–Trinajstić information content (AvgIpc) is 2.98. The second kappa shape index (κ2) is 6.50. The van der Waals surface area contributed by atoms with E-state index in [-0.39, 0.29) is 0 Å². The van der Waals surface area contributed by atoms with Crippen LogP contribution in [-0.4, -0.2) is 18.6 Å². The van der Waals surface area contributed by atoms with Crippen molar-refractivity contribution < 1.29 is 4.74 Å². The summed E-state index contributed by atoms with van der Waals surface area (Å²) in [6.45, 7) is 2.13. The van der Waals surface area contributed by atoms with Crippen LogP contribution in [0.15, 0.2) is 48.5 Å². The normalized spacial score (nSPS) is 18.9. The number of ether oxygens (including phenoxy) is 1. The van der Waals surface area contributed by atoms with Gasteiger partial charge in [0.15, 0.2) is 0 Å². The second-order valence-corrected chi connectivity index (χ2v) is 5.96. The maximum Gasteiger partial charge on any atom is 0.118 e. The van der Waals surface area contributed by atoms with E-state index < -0.39 is 0 Å². The fourth-order valence-electron chi connectivity index (χ4n) is 3.04. The van der Waals surface area contributed by atoms with Crippen molar-refractivity contribution in [3.05, 3.63) is 64.7 Å². The lowest BCUT2D eigenvalue weighted by atomic mass is 10.0. The van der Waals surface area contributed by atoms with Crippen LogP contribution < -0.4 is 4.74 Å². The topological polar surface area (TPSA) is 12.5 Å². The molecule has 1 atom stereocenters. The van der Waals surface area contributed by atoms with Crippen molar-refractivity contribution in [3.63, 3.8) is 0 Å². The number of rotatable bonds is 4. The molecule has 0 saturated carbocycles. The quantitative estimate of drug-likeness (QED) is 0.812. The highest BCUT2D eigenvalue weighted by Crippen LogP contribution is 2.33. The smallest absolute Gasteiger partial charge is 0.118 e. The van der Waals surface area contributed by atoms with Gasteiger partial charge in [-0.05, 0) is 54.8 Å². The molecule has 0 spiro atoms. The lowest BCUT2D eigenvalue weighted by molar-refractivity contribution is 0.248. The maximum absolute atomic E-state index is 5.96. The van der Waals surface area contributed by atoms with Crippen molar-refractivity contribution in [2.24, 2.45) is 0 Å². The molecule has 0 unspecified atom stereocenters.